The number of carbonyl (C=O) groups is 1. The van der Waals surface area contributed by atoms with Crippen molar-refractivity contribution in [2.24, 2.45) is 5.73 Å². The Morgan fingerprint density at radius 1 is 1.21 bits per heavy atom. The van der Waals surface area contributed by atoms with Crippen molar-refractivity contribution in [2.45, 2.75) is 20.5 Å². The molecule has 3 aromatic rings. The Hall–Kier alpha value is -3.07. The Balaban J connectivity index is 2.00. The molecule has 0 aliphatic rings. The standard InChI is InChI=1S/C20H16BrF2N3O3/c1-10-3-4-12(18(24)27)7-16(10)26-11(2)25-19(17(21)20(26)28)29-9-13-5-6-14(22)8-15(13)23/h3-8H,9H2,1-2H3,(H2,24,27). The average Bonchev–Trinajstić information content (AvgIpc) is 2.66. The second-order valence-electron chi connectivity index (χ2n) is 6.31. The van der Waals surface area contributed by atoms with Gasteiger partial charge in [-0.05, 0) is 59.6 Å². The van der Waals surface area contributed by atoms with E-state index in [9.17, 15) is 18.4 Å². The summed E-state index contributed by atoms with van der Waals surface area (Å²) >= 11 is 3.17. The van der Waals surface area contributed by atoms with Gasteiger partial charge in [0.1, 0.15) is 28.5 Å². The maximum Gasteiger partial charge on any atom is 0.276 e. The summed E-state index contributed by atoms with van der Waals surface area (Å²) in [6, 6.07) is 7.87. The predicted molar refractivity (Wildman–Crippen MR) is 106 cm³/mol. The van der Waals surface area contributed by atoms with Crippen LogP contribution in [-0.2, 0) is 6.61 Å². The van der Waals surface area contributed by atoms with Crippen LogP contribution in [0.3, 0.4) is 0 Å². The van der Waals surface area contributed by atoms with E-state index in [-0.39, 0.29) is 33.9 Å². The van der Waals surface area contributed by atoms with Crippen molar-refractivity contribution < 1.29 is 18.3 Å². The van der Waals surface area contributed by atoms with E-state index in [2.05, 4.69) is 20.9 Å². The van der Waals surface area contributed by atoms with Gasteiger partial charge in [0.15, 0.2) is 0 Å². The lowest BCUT2D eigenvalue weighted by atomic mass is 10.1. The molecule has 0 aliphatic heterocycles. The number of primary amides is 1. The van der Waals surface area contributed by atoms with Gasteiger partial charge in [0, 0.05) is 17.2 Å². The zero-order chi connectivity index (χ0) is 21.3. The van der Waals surface area contributed by atoms with E-state index in [1.165, 1.54) is 16.7 Å². The number of carbonyl (C=O) groups excluding carboxylic acids is 1. The molecule has 2 aromatic carbocycles. The lowest BCUT2D eigenvalue weighted by molar-refractivity contribution is 0.1000. The second-order valence-corrected chi connectivity index (χ2v) is 7.10. The minimum absolute atomic E-state index is 0.0227. The highest BCUT2D eigenvalue weighted by Gasteiger charge is 2.18. The molecule has 0 fully saturated rings. The van der Waals surface area contributed by atoms with Crippen molar-refractivity contribution >= 4 is 21.8 Å². The van der Waals surface area contributed by atoms with Crippen LogP contribution in [0.4, 0.5) is 8.78 Å². The molecule has 29 heavy (non-hydrogen) atoms. The van der Waals surface area contributed by atoms with Crippen molar-refractivity contribution in [1.82, 2.24) is 9.55 Å². The molecule has 6 nitrogen and oxygen atoms in total. The molecular formula is C20H16BrF2N3O3. The molecule has 0 spiro atoms. The van der Waals surface area contributed by atoms with E-state index in [4.69, 9.17) is 10.5 Å². The highest BCUT2D eigenvalue weighted by molar-refractivity contribution is 9.10. The Morgan fingerprint density at radius 2 is 1.93 bits per heavy atom. The summed E-state index contributed by atoms with van der Waals surface area (Å²) in [5, 5.41) is 0. The van der Waals surface area contributed by atoms with Gasteiger partial charge >= 0.3 is 0 Å². The van der Waals surface area contributed by atoms with E-state index in [1.54, 1.807) is 26.0 Å². The van der Waals surface area contributed by atoms with Gasteiger partial charge in [-0.25, -0.2) is 8.78 Å². The molecule has 9 heteroatoms. The van der Waals surface area contributed by atoms with Crippen molar-refractivity contribution in [3.05, 3.63) is 85.4 Å². The van der Waals surface area contributed by atoms with Gasteiger partial charge in [-0.15, -0.1) is 0 Å². The van der Waals surface area contributed by atoms with E-state index < -0.39 is 23.1 Å². The van der Waals surface area contributed by atoms with E-state index in [1.807, 2.05) is 0 Å². The number of halogens is 3. The minimum Gasteiger partial charge on any atom is -0.472 e. The smallest absolute Gasteiger partial charge is 0.276 e. The van der Waals surface area contributed by atoms with Crippen LogP contribution in [0.1, 0.15) is 27.3 Å². The summed E-state index contributed by atoms with van der Waals surface area (Å²) in [6.07, 6.45) is 0. The van der Waals surface area contributed by atoms with Crippen molar-refractivity contribution in [2.75, 3.05) is 0 Å². The number of hydrogen-bond donors (Lipinski definition) is 1. The fraction of sp³-hybridized carbons (Fsp3) is 0.150. The molecule has 0 unspecified atom stereocenters. The number of rotatable bonds is 5. The second kappa shape index (κ2) is 8.12. The van der Waals surface area contributed by atoms with Crippen LogP contribution in [0.15, 0.2) is 45.7 Å². The highest BCUT2D eigenvalue weighted by Crippen LogP contribution is 2.24. The lowest BCUT2D eigenvalue weighted by Gasteiger charge is -2.16. The number of aromatic nitrogens is 2. The normalized spacial score (nSPS) is 10.8. The number of hydrogen-bond acceptors (Lipinski definition) is 4. The van der Waals surface area contributed by atoms with Crippen LogP contribution < -0.4 is 16.0 Å². The summed E-state index contributed by atoms with van der Waals surface area (Å²) < 4.78 is 33.6. The molecule has 0 radical (unpaired) electrons. The zero-order valence-corrected chi connectivity index (χ0v) is 17.1. The first-order valence-electron chi connectivity index (χ1n) is 8.45. The molecule has 0 saturated heterocycles. The minimum atomic E-state index is -0.759. The van der Waals surface area contributed by atoms with Crippen molar-refractivity contribution in [1.29, 1.82) is 0 Å². The number of aryl methyl sites for hydroxylation is 2. The van der Waals surface area contributed by atoms with Crippen LogP contribution in [0.5, 0.6) is 5.88 Å². The number of amides is 1. The number of benzene rings is 2. The molecule has 1 heterocycles. The third-order valence-electron chi connectivity index (χ3n) is 4.28. The molecule has 0 saturated carbocycles. The van der Waals surface area contributed by atoms with Crippen molar-refractivity contribution in [3.63, 3.8) is 0 Å². The quantitative estimate of drug-likeness (QED) is 0.626. The van der Waals surface area contributed by atoms with Gasteiger partial charge in [0.2, 0.25) is 11.8 Å². The van der Waals surface area contributed by atoms with E-state index >= 15 is 0 Å². The number of nitrogens with two attached hydrogens (primary N) is 1. The summed E-state index contributed by atoms with van der Waals surface area (Å²) in [4.78, 5) is 28.7. The first-order valence-corrected chi connectivity index (χ1v) is 9.25. The maximum atomic E-state index is 13.8. The highest BCUT2D eigenvalue weighted by atomic mass is 79.9. The van der Waals surface area contributed by atoms with Crippen LogP contribution >= 0.6 is 15.9 Å². The van der Waals surface area contributed by atoms with Gasteiger partial charge in [-0.1, -0.05) is 6.07 Å². The van der Waals surface area contributed by atoms with E-state index in [0.717, 1.165) is 17.7 Å². The fourth-order valence-electron chi connectivity index (χ4n) is 2.75. The number of nitrogens with zero attached hydrogens (tertiary/aromatic N) is 2. The predicted octanol–water partition coefficient (Wildman–Crippen LogP) is 3.57. The molecule has 0 aliphatic carbocycles. The molecule has 3 rings (SSSR count). The molecule has 2 N–H and O–H groups in total. The van der Waals surface area contributed by atoms with Crippen LogP contribution in [0, 0.1) is 25.5 Å². The molecule has 0 bridgehead atoms. The molecule has 1 aromatic heterocycles. The largest absolute Gasteiger partial charge is 0.472 e. The van der Waals surface area contributed by atoms with Crippen LogP contribution in [0.25, 0.3) is 5.69 Å². The molecular weight excluding hydrogens is 448 g/mol. The summed E-state index contributed by atoms with van der Waals surface area (Å²) in [7, 11) is 0. The van der Waals surface area contributed by atoms with Crippen molar-refractivity contribution in [3.8, 4) is 11.6 Å². The zero-order valence-electron chi connectivity index (χ0n) is 15.5. The molecule has 150 valence electrons. The Bertz CT molecular complexity index is 1180. The third kappa shape index (κ3) is 4.19. The van der Waals surface area contributed by atoms with E-state index in [0.29, 0.717) is 5.69 Å². The summed E-state index contributed by atoms with van der Waals surface area (Å²) in [5.74, 6) is -1.82. The Labute approximate surface area is 173 Å². The molecule has 1 amide bonds. The monoisotopic (exact) mass is 463 g/mol. The van der Waals surface area contributed by atoms with Gasteiger partial charge in [-0.3, -0.25) is 14.2 Å². The summed E-state index contributed by atoms with van der Waals surface area (Å²) in [5.41, 5.74) is 6.41. The SMILES string of the molecule is Cc1ccc(C(N)=O)cc1-n1c(C)nc(OCc2ccc(F)cc2F)c(Br)c1=O. The fourth-order valence-corrected chi connectivity index (χ4v) is 3.13. The van der Waals surface area contributed by atoms with Gasteiger partial charge in [0.25, 0.3) is 5.56 Å². The molecule has 0 atom stereocenters. The number of ether oxygens (including phenoxy) is 1. The van der Waals surface area contributed by atoms with Gasteiger partial charge in [0.05, 0.1) is 5.69 Å². The first-order chi connectivity index (χ1) is 13.7. The first kappa shape index (κ1) is 20.7. The van der Waals surface area contributed by atoms with Crippen LogP contribution in [-0.4, -0.2) is 15.5 Å². The Morgan fingerprint density at radius 3 is 2.59 bits per heavy atom. The van der Waals surface area contributed by atoms with Crippen LogP contribution in [0.2, 0.25) is 0 Å². The Kier molecular flexibility index (Phi) is 5.78. The maximum absolute atomic E-state index is 13.8. The van der Waals surface area contributed by atoms with Gasteiger partial charge in [-0.2, -0.15) is 4.98 Å². The topological polar surface area (TPSA) is 87.2 Å². The summed E-state index contributed by atoms with van der Waals surface area (Å²) in [6.45, 7) is 3.13. The lowest BCUT2D eigenvalue weighted by Crippen LogP contribution is -2.25. The average molecular weight is 464 g/mol. The third-order valence-corrected chi connectivity index (χ3v) is 4.96. The van der Waals surface area contributed by atoms with Gasteiger partial charge < -0.3 is 10.5 Å².